The van der Waals surface area contributed by atoms with Crippen LogP contribution in [0.1, 0.15) is 44.7 Å². The molecule has 0 N–H and O–H groups in total. The van der Waals surface area contributed by atoms with Crippen molar-refractivity contribution in [3.8, 4) is 0 Å². The Morgan fingerprint density at radius 1 is 1.25 bits per heavy atom. The zero-order valence-electron chi connectivity index (χ0n) is 10.4. The summed E-state index contributed by atoms with van der Waals surface area (Å²) < 4.78 is 0. The molecule has 0 aliphatic heterocycles. The highest BCUT2D eigenvalue weighted by Gasteiger charge is 2.15. The minimum atomic E-state index is -0.262. The summed E-state index contributed by atoms with van der Waals surface area (Å²) in [6.45, 7) is 8.34. The van der Waals surface area contributed by atoms with E-state index in [1.54, 1.807) is 0 Å². The highest BCUT2D eigenvalue weighted by Crippen LogP contribution is 2.24. The van der Waals surface area contributed by atoms with Crippen LogP contribution in [0.3, 0.4) is 0 Å². The van der Waals surface area contributed by atoms with E-state index in [4.69, 9.17) is 0 Å². The Kier molecular flexibility index (Phi) is 3.68. The molecular weight excluding hydrogens is 202 g/mol. The molecule has 0 fully saturated rings. The van der Waals surface area contributed by atoms with E-state index in [0.717, 1.165) is 5.56 Å². The third-order valence-electron chi connectivity index (χ3n) is 2.77. The molecular formula is C13H19NO2. The van der Waals surface area contributed by atoms with Gasteiger partial charge in [0, 0.05) is 10.8 Å². The fourth-order valence-electron chi connectivity index (χ4n) is 1.64. The first-order valence-corrected chi connectivity index (χ1v) is 5.53. The lowest BCUT2D eigenvalue weighted by molar-refractivity contribution is -0.482. The van der Waals surface area contributed by atoms with Gasteiger partial charge in [-0.1, -0.05) is 52.0 Å². The zero-order valence-corrected chi connectivity index (χ0v) is 10.4. The summed E-state index contributed by atoms with van der Waals surface area (Å²) in [6.07, 6.45) is 0. The maximum atomic E-state index is 10.4. The zero-order chi connectivity index (χ0) is 12.3. The average molecular weight is 221 g/mol. The van der Waals surface area contributed by atoms with Crippen LogP contribution in [-0.4, -0.2) is 11.5 Å². The molecule has 0 saturated carbocycles. The molecule has 0 bridgehead atoms. The van der Waals surface area contributed by atoms with E-state index in [1.807, 2.05) is 19.1 Å². The van der Waals surface area contributed by atoms with Crippen molar-refractivity contribution < 1.29 is 4.92 Å². The van der Waals surface area contributed by atoms with Crippen LogP contribution in [0.15, 0.2) is 24.3 Å². The monoisotopic (exact) mass is 221 g/mol. The molecule has 0 spiro atoms. The van der Waals surface area contributed by atoms with Crippen molar-refractivity contribution in [2.75, 3.05) is 6.54 Å². The van der Waals surface area contributed by atoms with Crippen LogP contribution in [0.4, 0.5) is 0 Å². The van der Waals surface area contributed by atoms with Crippen molar-refractivity contribution in [2.45, 2.75) is 39.0 Å². The lowest BCUT2D eigenvalue weighted by atomic mass is 9.86. The second-order valence-corrected chi connectivity index (χ2v) is 5.29. The van der Waals surface area contributed by atoms with E-state index in [0.29, 0.717) is 0 Å². The van der Waals surface area contributed by atoms with Gasteiger partial charge in [-0.15, -0.1) is 0 Å². The minimum absolute atomic E-state index is 0.00509. The van der Waals surface area contributed by atoms with Gasteiger partial charge in [-0.2, -0.15) is 0 Å². The van der Waals surface area contributed by atoms with Gasteiger partial charge in [-0.3, -0.25) is 10.1 Å². The van der Waals surface area contributed by atoms with Gasteiger partial charge in [0.25, 0.3) is 0 Å². The van der Waals surface area contributed by atoms with Gasteiger partial charge in [0.05, 0.1) is 0 Å². The van der Waals surface area contributed by atoms with Crippen molar-refractivity contribution in [1.29, 1.82) is 0 Å². The summed E-state index contributed by atoms with van der Waals surface area (Å²) in [6, 6.07) is 8.11. The number of benzene rings is 1. The predicted octanol–water partition coefficient (Wildman–Crippen LogP) is 3.36. The highest BCUT2D eigenvalue weighted by atomic mass is 16.6. The quantitative estimate of drug-likeness (QED) is 0.580. The van der Waals surface area contributed by atoms with Crippen LogP contribution < -0.4 is 0 Å². The van der Waals surface area contributed by atoms with Crippen LogP contribution in [0.25, 0.3) is 0 Å². The summed E-state index contributed by atoms with van der Waals surface area (Å²) in [7, 11) is 0. The van der Waals surface area contributed by atoms with Crippen LogP contribution in [-0.2, 0) is 5.41 Å². The second kappa shape index (κ2) is 4.64. The molecule has 88 valence electrons. The van der Waals surface area contributed by atoms with Gasteiger partial charge < -0.3 is 0 Å². The Balaban J connectivity index is 2.83. The van der Waals surface area contributed by atoms with Crippen LogP contribution in [0.2, 0.25) is 0 Å². The molecule has 16 heavy (non-hydrogen) atoms. The van der Waals surface area contributed by atoms with Crippen molar-refractivity contribution in [2.24, 2.45) is 0 Å². The van der Waals surface area contributed by atoms with Gasteiger partial charge in [-0.05, 0) is 16.5 Å². The number of nitrogens with zero attached hydrogens (tertiary/aromatic N) is 1. The standard InChI is InChI=1S/C13H19NO2/c1-10(9-14(15)16)11-5-7-12(8-6-11)13(2,3)4/h5-8,10H,9H2,1-4H3/t10-/m0/s1. The molecule has 0 aliphatic rings. The lowest BCUT2D eigenvalue weighted by Crippen LogP contribution is -2.12. The fourth-order valence-corrected chi connectivity index (χ4v) is 1.64. The maximum absolute atomic E-state index is 10.4. The van der Waals surface area contributed by atoms with Crippen LogP contribution in [0, 0.1) is 10.1 Å². The molecule has 1 rings (SSSR count). The summed E-state index contributed by atoms with van der Waals surface area (Å²) in [4.78, 5) is 10.2. The molecule has 0 unspecified atom stereocenters. The highest BCUT2D eigenvalue weighted by molar-refractivity contribution is 5.29. The van der Waals surface area contributed by atoms with Crippen LogP contribution >= 0.6 is 0 Å². The molecule has 0 radical (unpaired) electrons. The Hall–Kier alpha value is -1.38. The van der Waals surface area contributed by atoms with E-state index in [1.165, 1.54) is 5.56 Å². The van der Waals surface area contributed by atoms with E-state index < -0.39 is 0 Å². The average Bonchev–Trinajstić information content (AvgIpc) is 2.15. The molecule has 0 amide bonds. The molecule has 1 aromatic rings. The molecule has 3 nitrogen and oxygen atoms in total. The first-order chi connectivity index (χ1) is 7.30. The van der Waals surface area contributed by atoms with Crippen molar-refractivity contribution >= 4 is 0 Å². The van der Waals surface area contributed by atoms with E-state index in [2.05, 4.69) is 32.9 Å². The summed E-state index contributed by atoms with van der Waals surface area (Å²) in [5.74, 6) is -0.0241. The van der Waals surface area contributed by atoms with Gasteiger partial charge in [0.2, 0.25) is 6.54 Å². The molecule has 0 aliphatic carbocycles. The first-order valence-electron chi connectivity index (χ1n) is 5.53. The molecule has 1 atom stereocenters. The summed E-state index contributed by atoms with van der Waals surface area (Å²) in [5.41, 5.74) is 2.42. The number of nitro groups is 1. The Bertz CT molecular complexity index is 363. The molecule has 1 aromatic carbocycles. The van der Waals surface area contributed by atoms with Gasteiger partial charge in [0.15, 0.2) is 0 Å². The van der Waals surface area contributed by atoms with Gasteiger partial charge in [0.1, 0.15) is 0 Å². The second-order valence-electron chi connectivity index (χ2n) is 5.29. The molecule has 0 saturated heterocycles. The van der Waals surface area contributed by atoms with Crippen molar-refractivity contribution in [1.82, 2.24) is 0 Å². The van der Waals surface area contributed by atoms with E-state index in [9.17, 15) is 10.1 Å². The predicted molar refractivity (Wildman–Crippen MR) is 65.4 cm³/mol. The number of hydrogen-bond donors (Lipinski definition) is 0. The molecule has 0 heterocycles. The third-order valence-corrected chi connectivity index (χ3v) is 2.77. The van der Waals surface area contributed by atoms with E-state index in [-0.39, 0.29) is 22.8 Å². The lowest BCUT2D eigenvalue weighted by Gasteiger charge is -2.19. The summed E-state index contributed by atoms with van der Waals surface area (Å²) >= 11 is 0. The maximum Gasteiger partial charge on any atom is 0.210 e. The topological polar surface area (TPSA) is 43.1 Å². The number of hydrogen-bond acceptors (Lipinski definition) is 2. The Labute approximate surface area is 96.6 Å². The summed E-state index contributed by atoms with van der Waals surface area (Å²) in [5, 5.41) is 10.4. The smallest absolute Gasteiger partial charge is 0.210 e. The van der Waals surface area contributed by atoms with E-state index >= 15 is 0 Å². The Morgan fingerprint density at radius 2 is 1.75 bits per heavy atom. The molecule has 0 aromatic heterocycles. The fraction of sp³-hybridized carbons (Fsp3) is 0.538. The van der Waals surface area contributed by atoms with Crippen molar-refractivity contribution in [3.63, 3.8) is 0 Å². The van der Waals surface area contributed by atoms with Gasteiger partial charge in [-0.25, -0.2) is 0 Å². The Morgan fingerprint density at radius 3 is 2.12 bits per heavy atom. The van der Waals surface area contributed by atoms with Crippen molar-refractivity contribution in [3.05, 3.63) is 45.5 Å². The third kappa shape index (κ3) is 3.33. The largest absolute Gasteiger partial charge is 0.265 e. The molecule has 3 heteroatoms. The normalized spacial score (nSPS) is 13.5. The first kappa shape index (κ1) is 12.7. The minimum Gasteiger partial charge on any atom is -0.265 e. The SMILES string of the molecule is C[C@@H](C[N+](=O)[O-])c1ccc(C(C)(C)C)cc1. The number of rotatable bonds is 3. The van der Waals surface area contributed by atoms with Gasteiger partial charge >= 0.3 is 0 Å². The van der Waals surface area contributed by atoms with Crippen LogP contribution in [0.5, 0.6) is 0 Å².